The van der Waals surface area contributed by atoms with Crippen molar-refractivity contribution in [3.8, 4) is 22.6 Å². The monoisotopic (exact) mass is 534 g/mol. The molecule has 5 aromatic rings. The number of pyridine rings is 1. The van der Waals surface area contributed by atoms with Crippen molar-refractivity contribution in [2.24, 2.45) is 0 Å². The minimum Gasteiger partial charge on any atom is -0.480 e. The van der Waals surface area contributed by atoms with Crippen LogP contribution in [0.5, 0.6) is 0 Å². The van der Waals surface area contributed by atoms with E-state index in [0.29, 0.717) is 17.1 Å². The molecule has 1 fully saturated rings. The van der Waals surface area contributed by atoms with Crippen LogP contribution in [0.4, 0.5) is 0 Å². The lowest BCUT2D eigenvalue weighted by atomic mass is 9.94. The van der Waals surface area contributed by atoms with Gasteiger partial charge in [0.25, 0.3) is 5.91 Å². The highest BCUT2D eigenvalue weighted by molar-refractivity contribution is 5.99. The number of aliphatic hydroxyl groups is 1. The second kappa shape index (κ2) is 10.9. The molecule has 1 unspecified atom stereocenters. The molecule has 0 saturated heterocycles. The van der Waals surface area contributed by atoms with E-state index in [4.69, 9.17) is 9.97 Å². The zero-order valence-electron chi connectivity index (χ0n) is 22.0. The lowest BCUT2D eigenvalue weighted by molar-refractivity contribution is -0.140. The molecule has 6 rings (SSSR count). The van der Waals surface area contributed by atoms with Crippen molar-refractivity contribution in [1.82, 2.24) is 19.9 Å². The molecule has 1 saturated carbocycles. The smallest absolute Gasteiger partial charge is 0.328 e. The Bertz CT molecular complexity index is 1710. The number of fused-ring (bicyclic) bond motifs is 2. The minimum absolute atomic E-state index is 0.295. The molecule has 1 amide bonds. The fraction of sp³-hybridized carbons (Fsp3) is 0.250. The maximum atomic E-state index is 12.8. The number of imidazole rings is 1. The van der Waals surface area contributed by atoms with Gasteiger partial charge in [0.05, 0.1) is 28.9 Å². The number of carbonyl (C=O) groups is 2. The predicted octanol–water partition coefficient (Wildman–Crippen LogP) is 5.60. The molecule has 40 heavy (non-hydrogen) atoms. The second-order valence-electron chi connectivity index (χ2n) is 10.3. The Morgan fingerprint density at radius 1 is 0.875 bits per heavy atom. The Labute approximate surface area is 231 Å². The number of nitrogens with zero attached hydrogens (tertiary/aromatic N) is 3. The molecule has 8 heteroatoms. The molecule has 0 bridgehead atoms. The van der Waals surface area contributed by atoms with Crippen molar-refractivity contribution in [3.05, 3.63) is 84.4 Å². The van der Waals surface area contributed by atoms with Crippen LogP contribution < -0.4 is 5.32 Å². The fourth-order valence-corrected chi connectivity index (χ4v) is 5.61. The van der Waals surface area contributed by atoms with Crippen LogP contribution in [-0.4, -0.2) is 49.3 Å². The number of carboxylic acid groups (broad SMARTS) is 1. The highest BCUT2D eigenvalue weighted by Gasteiger charge is 2.24. The zero-order chi connectivity index (χ0) is 27.6. The van der Waals surface area contributed by atoms with E-state index in [9.17, 15) is 19.8 Å². The van der Waals surface area contributed by atoms with Gasteiger partial charge in [-0.15, -0.1) is 0 Å². The van der Waals surface area contributed by atoms with Crippen molar-refractivity contribution in [2.45, 2.75) is 44.2 Å². The standard InChI is InChI=1S/C32H30N4O4/c37-19-28(32(39)40)35-31(38)23-13-16-29-27(18-23)34-30(36(29)24-9-5-2-6-10-24)22-12-15-26-21(17-22)11-14-25(33-26)20-7-3-1-4-8-20/h1,3-4,7-8,11-18,24,28,37H,2,5-6,9-10,19H2,(H,35,38)(H,39,40). The molecule has 3 aromatic carbocycles. The Kier molecular flexibility index (Phi) is 7.00. The van der Waals surface area contributed by atoms with E-state index in [-0.39, 0.29) is 0 Å². The third kappa shape index (κ3) is 4.94. The number of aromatic nitrogens is 3. The Hall–Kier alpha value is -4.56. The SMILES string of the molecule is O=C(NC(CO)C(=O)O)c1ccc2c(c1)nc(-c1ccc3nc(-c4ccccc4)ccc3c1)n2C1CCCCC1. The van der Waals surface area contributed by atoms with Gasteiger partial charge in [0.2, 0.25) is 0 Å². The van der Waals surface area contributed by atoms with Gasteiger partial charge in [-0.1, -0.05) is 55.7 Å². The highest BCUT2D eigenvalue weighted by Crippen LogP contribution is 2.37. The van der Waals surface area contributed by atoms with Gasteiger partial charge in [-0.3, -0.25) is 4.79 Å². The summed E-state index contributed by atoms with van der Waals surface area (Å²) in [4.78, 5) is 33.9. The first kappa shape index (κ1) is 25.7. The van der Waals surface area contributed by atoms with Gasteiger partial charge in [0, 0.05) is 28.1 Å². The number of amides is 1. The fourth-order valence-electron chi connectivity index (χ4n) is 5.61. The molecule has 0 radical (unpaired) electrons. The number of hydrogen-bond acceptors (Lipinski definition) is 5. The van der Waals surface area contributed by atoms with E-state index in [2.05, 4.69) is 40.2 Å². The first-order valence-corrected chi connectivity index (χ1v) is 13.6. The van der Waals surface area contributed by atoms with Gasteiger partial charge in [0.1, 0.15) is 5.82 Å². The summed E-state index contributed by atoms with van der Waals surface area (Å²) in [6, 6.07) is 24.6. The first-order valence-electron chi connectivity index (χ1n) is 13.6. The van der Waals surface area contributed by atoms with Gasteiger partial charge < -0.3 is 20.1 Å². The van der Waals surface area contributed by atoms with Crippen LogP contribution in [0.1, 0.15) is 48.5 Å². The van der Waals surface area contributed by atoms with Crippen LogP contribution in [0.2, 0.25) is 0 Å². The lowest BCUT2D eigenvalue weighted by Crippen LogP contribution is -2.43. The molecule has 202 valence electrons. The molecule has 0 spiro atoms. The highest BCUT2D eigenvalue weighted by atomic mass is 16.4. The number of benzene rings is 3. The maximum absolute atomic E-state index is 12.8. The van der Waals surface area contributed by atoms with Crippen LogP contribution in [0.25, 0.3) is 44.6 Å². The summed E-state index contributed by atoms with van der Waals surface area (Å²) >= 11 is 0. The molecule has 1 aliphatic carbocycles. The van der Waals surface area contributed by atoms with Crippen LogP contribution in [0.15, 0.2) is 78.9 Å². The summed E-state index contributed by atoms with van der Waals surface area (Å²) in [5.74, 6) is -1.02. The van der Waals surface area contributed by atoms with E-state index >= 15 is 0 Å². The van der Waals surface area contributed by atoms with Crippen molar-refractivity contribution < 1.29 is 19.8 Å². The molecule has 3 N–H and O–H groups in total. The number of carbonyl (C=O) groups excluding carboxylic acids is 1. The molecule has 1 aliphatic rings. The number of hydrogen-bond donors (Lipinski definition) is 3. The number of rotatable bonds is 7. The minimum atomic E-state index is -1.37. The molecular weight excluding hydrogens is 504 g/mol. The second-order valence-corrected chi connectivity index (χ2v) is 10.3. The van der Waals surface area contributed by atoms with E-state index in [0.717, 1.165) is 64.7 Å². The summed E-state index contributed by atoms with van der Waals surface area (Å²) in [6.07, 6.45) is 5.67. The van der Waals surface area contributed by atoms with E-state index in [1.165, 1.54) is 6.42 Å². The molecule has 2 heterocycles. The largest absolute Gasteiger partial charge is 0.480 e. The number of aliphatic carboxylic acids is 1. The molecule has 0 aliphatic heterocycles. The number of nitrogens with one attached hydrogen (secondary N) is 1. The summed E-state index contributed by atoms with van der Waals surface area (Å²) < 4.78 is 2.30. The number of aliphatic hydroxyl groups excluding tert-OH is 1. The maximum Gasteiger partial charge on any atom is 0.328 e. The van der Waals surface area contributed by atoms with Gasteiger partial charge in [-0.25, -0.2) is 14.8 Å². The molecule has 2 aromatic heterocycles. The van der Waals surface area contributed by atoms with Crippen molar-refractivity contribution >= 4 is 33.8 Å². The van der Waals surface area contributed by atoms with E-state index in [1.54, 1.807) is 12.1 Å². The Balaban J connectivity index is 1.41. The summed E-state index contributed by atoms with van der Waals surface area (Å²) in [5, 5.41) is 21.9. The number of carboxylic acids is 1. The predicted molar refractivity (Wildman–Crippen MR) is 154 cm³/mol. The zero-order valence-corrected chi connectivity index (χ0v) is 22.0. The summed E-state index contributed by atoms with van der Waals surface area (Å²) in [6.45, 7) is -0.687. The average Bonchev–Trinajstić information content (AvgIpc) is 3.39. The first-order chi connectivity index (χ1) is 19.5. The molecular formula is C32H30N4O4. The quantitative estimate of drug-likeness (QED) is 0.250. The van der Waals surface area contributed by atoms with Crippen molar-refractivity contribution in [2.75, 3.05) is 6.61 Å². The van der Waals surface area contributed by atoms with Gasteiger partial charge in [0.15, 0.2) is 6.04 Å². The lowest BCUT2D eigenvalue weighted by Gasteiger charge is -2.25. The van der Waals surface area contributed by atoms with E-state index in [1.807, 2.05) is 36.4 Å². The van der Waals surface area contributed by atoms with Gasteiger partial charge >= 0.3 is 5.97 Å². The third-order valence-electron chi connectivity index (χ3n) is 7.69. The van der Waals surface area contributed by atoms with Crippen LogP contribution in [-0.2, 0) is 4.79 Å². The van der Waals surface area contributed by atoms with Crippen LogP contribution in [0, 0.1) is 0 Å². The average molecular weight is 535 g/mol. The Morgan fingerprint density at radius 2 is 1.68 bits per heavy atom. The molecule has 8 nitrogen and oxygen atoms in total. The third-order valence-corrected chi connectivity index (χ3v) is 7.69. The van der Waals surface area contributed by atoms with Crippen molar-refractivity contribution in [3.63, 3.8) is 0 Å². The Morgan fingerprint density at radius 3 is 2.42 bits per heavy atom. The van der Waals surface area contributed by atoms with Crippen molar-refractivity contribution in [1.29, 1.82) is 0 Å². The van der Waals surface area contributed by atoms with Gasteiger partial charge in [-0.05, 0) is 55.3 Å². The van der Waals surface area contributed by atoms with Gasteiger partial charge in [-0.2, -0.15) is 0 Å². The normalized spacial score (nSPS) is 14.8. The summed E-state index contributed by atoms with van der Waals surface area (Å²) in [7, 11) is 0. The van der Waals surface area contributed by atoms with E-state index < -0.39 is 24.5 Å². The summed E-state index contributed by atoms with van der Waals surface area (Å²) in [5.41, 5.74) is 5.77. The topological polar surface area (TPSA) is 117 Å². The van der Waals surface area contributed by atoms with Crippen LogP contribution in [0.3, 0.4) is 0 Å². The van der Waals surface area contributed by atoms with Crippen LogP contribution >= 0.6 is 0 Å². The molecule has 1 atom stereocenters.